The molecule has 0 aromatic carbocycles. The van der Waals surface area contributed by atoms with Gasteiger partial charge in [0.05, 0.1) is 4.88 Å². The van der Waals surface area contributed by atoms with Crippen molar-refractivity contribution >= 4 is 22.7 Å². The average molecular weight is 364 g/mol. The van der Waals surface area contributed by atoms with E-state index >= 15 is 0 Å². The maximum atomic E-state index is 4.46. The van der Waals surface area contributed by atoms with E-state index < -0.39 is 0 Å². The van der Waals surface area contributed by atoms with Gasteiger partial charge in [-0.15, -0.1) is 22.7 Å². The van der Waals surface area contributed by atoms with Crippen molar-refractivity contribution in [2.75, 3.05) is 0 Å². The molecule has 2 heterocycles. The summed E-state index contributed by atoms with van der Waals surface area (Å²) >= 11 is 3.59. The zero-order valence-electron chi connectivity index (χ0n) is 15.3. The van der Waals surface area contributed by atoms with Crippen LogP contribution in [-0.4, -0.2) is 4.98 Å². The maximum Gasteiger partial charge on any atom is 0.133 e. The van der Waals surface area contributed by atoms with E-state index in [0.29, 0.717) is 0 Å². The molecular weight excluding hydrogens is 330 g/mol. The molecule has 0 amide bonds. The normalized spacial score (nSPS) is 11.2. The van der Waals surface area contributed by atoms with Gasteiger partial charge in [-0.2, -0.15) is 0 Å². The van der Waals surface area contributed by atoms with Crippen LogP contribution in [0, 0.1) is 0 Å². The van der Waals surface area contributed by atoms with Gasteiger partial charge in [0.25, 0.3) is 0 Å². The molecule has 2 aromatic rings. The minimum Gasteiger partial charge on any atom is -0.244 e. The summed E-state index contributed by atoms with van der Waals surface area (Å²) in [5.41, 5.74) is 1.50. The summed E-state index contributed by atoms with van der Waals surface area (Å²) in [5, 5.41) is 5.48. The van der Waals surface area contributed by atoms with E-state index in [2.05, 4.69) is 28.7 Å². The smallest absolute Gasteiger partial charge is 0.133 e. The quantitative estimate of drug-likeness (QED) is 0.309. The topological polar surface area (TPSA) is 12.9 Å². The van der Waals surface area contributed by atoms with E-state index in [0.717, 1.165) is 0 Å². The summed E-state index contributed by atoms with van der Waals surface area (Å²) in [6.45, 7) is 2.29. The first-order valence-electron chi connectivity index (χ1n) is 9.88. The third kappa shape index (κ3) is 7.48. The van der Waals surface area contributed by atoms with Crippen LogP contribution >= 0.6 is 22.7 Å². The molecule has 134 valence electrons. The molecule has 0 spiro atoms. The molecular formula is C21H33NS2. The third-order valence-electron chi connectivity index (χ3n) is 4.67. The van der Waals surface area contributed by atoms with Crippen molar-refractivity contribution in [3.05, 3.63) is 28.6 Å². The number of nitrogens with zero attached hydrogens (tertiary/aromatic N) is 1. The number of hydrogen-bond acceptors (Lipinski definition) is 3. The van der Waals surface area contributed by atoms with Gasteiger partial charge in [0, 0.05) is 11.6 Å². The lowest BCUT2D eigenvalue weighted by atomic mass is 10.0. The fraction of sp³-hybridized carbons (Fsp3) is 0.667. The second-order valence-corrected chi connectivity index (χ2v) is 8.56. The molecule has 0 bridgehead atoms. The Hall–Kier alpha value is -0.670. The lowest BCUT2D eigenvalue weighted by molar-refractivity contribution is 0.544. The summed E-state index contributed by atoms with van der Waals surface area (Å²) in [4.78, 5) is 5.85. The van der Waals surface area contributed by atoms with Crippen molar-refractivity contribution in [1.29, 1.82) is 0 Å². The van der Waals surface area contributed by atoms with Gasteiger partial charge in [-0.3, -0.25) is 0 Å². The van der Waals surface area contributed by atoms with Gasteiger partial charge in [-0.05, 0) is 29.9 Å². The Morgan fingerprint density at radius 3 is 1.96 bits per heavy atom. The number of aromatic nitrogens is 1. The van der Waals surface area contributed by atoms with Crippen molar-refractivity contribution in [2.24, 2.45) is 0 Å². The number of aryl methyl sites for hydroxylation is 1. The Balaban J connectivity index is 1.46. The predicted molar refractivity (Wildman–Crippen MR) is 110 cm³/mol. The molecule has 0 unspecified atom stereocenters. The predicted octanol–water partition coefficient (Wildman–Crippen LogP) is 8.12. The number of rotatable bonds is 14. The highest BCUT2D eigenvalue weighted by Crippen LogP contribution is 2.32. The fourth-order valence-electron chi connectivity index (χ4n) is 3.21. The highest BCUT2D eigenvalue weighted by atomic mass is 32.1. The molecule has 0 fully saturated rings. The molecule has 0 atom stereocenters. The van der Waals surface area contributed by atoms with Gasteiger partial charge in [0.15, 0.2) is 0 Å². The van der Waals surface area contributed by atoms with Crippen LogP contribution in [0.15, 0.2) is 23.0 Å². The van der Waals surface area contributed by atoms with Crippen LogP contribution in [0.25, 0.3) is 9.88 Å². The Morgan fingerprint density at radius 1 is 0.750 bits per heavy atom. The molecule has 0 saturated heterocycles. The molecule has 1 nitrogen and oxygen atoms in total. The van der Waals surface area contributed by atoms with Crippen LogP contribution in [0.1, 0.15) is 89.5 Å². The van der Waals surface area contributed by atoms with Crippen LogP contribution in [0.4, 0.5) is 0 Å². The molecule has 2 aromatic heterocycles. The molecule has 24 heavy (non-hydrogen) atoms. The Bertz CT molecular complexity index is 516. The lowest BCUT2D eigenvalue weighted by Gasteiger charge is -2.04. The summed E-state index contributed by atoms with van der Waals surface area (Å²) in [5.74, 6) is 0. The van der Waals surface area contributed by atoms with Crippen LogP contribution in [-0.2, 0) is 6.42 Å². The summed E-state index contributed by atoms with van der Waals surface area (Å²) in [6.07, 6.45) is 20.2. The molecule has 0 aliphatic carbocycles. The molecule has 3 heteroatoms. The SMILES string of the molecule is CCCCCCCCCCCCCCc1ccsc1-c1nccs1. The van der Waals surface area contributed by atoms with E-state index in [-0.39, 0.29) is 0 Å². The minimum absolute atomic E-state index is 1.19. The molecule has 0 aliphatic rings. The average Bonchev–Trinajstić information content (AvgIpc) is 3.26. The van der Waals surface area contributed by atoms with Gasteiger partial charge in [0.1, 0.15) is 5.01 Å². The molecule has 0 saturated carbocycles. The fourth-order valence-corrected chi connectivity index (χ4v) is 4.95. The highest BCUT2D eigenvalue weighted by molar-refractivity contribution is 7.20. The van der Waals surface area contributed by atoms with E-state index in [4.69, 9.17) is 0 Å². The second-order valence-electron chi connectivity index (χ2n) is 6.75. The van der Waals surface area contributed by atoms with Crippen molar-refractivity contribution in [1.82, 2.24) is 4.98 Å². The van der Waals surface area contributed by atoms with Crippen LogP contribution in [0.2, 0.25) is 0 Å². The van der Waals surface area contributed by atoms with E-state index in [9.17, 15) is 0 Å². The van der Waals surface area contributed by atoms with Gasteiger partial charge in [0.2, 0.25) is 0 Å². The lowest BCUT2D eigenvalue weighted by Crippen LogP contribution is -1.87. The van der Waals surface area contributed by atoms with Crippen LogP contribution in [0.3, 0.4) is 0 Å². The van der Waals surface area contributed by atoms with Crippen molar-refractivity contribution in [3.8, 4) is 9.88 Å². The summed E-state index contributed by atoms with van der Waals surface area (Å²) in [6, 6.07) is 2.29. The monoisotopic (exact) mass is 363 g/mol. The summed E-state index contributed by atoms with van der Waals surface area (Å²) < 4.78 is 0. The summed E-state index contributed by atoms with van der Waals surface area (Å²) in [7, 11) is 0. The molecule has 2 rings (SSSR count). The first-order valence-corrected chi connectivity index (χ1v) is 11.6. The first kappa shape index (κ1) is 19.7. The Morgan fingerprint density at radius 2 is 1.38 bits per heavy atom. The van der Waals surface area contributed by atoms with Crippen molar-refractivity contribution in [2.45, 2.75) is 90.4 Å². The zero-order chi connectivity index (χ0) is 16.9. The van der Waals surface area contributed by atoms with Gasteiger partial charge in [-0.1, -0.05) is 77.6 Å². The number of thiazole rings is 1. The van der Waals surface area contributed by atoms with E-state index in [1.54, 1.807) is 11.3 Å². The standard InChI is InChI=1S/C21H33NS2/c1-2-3-4-5-6-7-8-9-10-11-12-13-14-19-15-17-23-20(19)21-22-16-18-24-21/h15-18H,2-14H2,1H3. The van der Waals surface area contributed by atoms with Gasteiger partial charge in [-0.25, -0.2) is 4.98 Å². The third-order valence-corrected chi connectivity index (χ3v) is 6.56. The Kier molecular flexibility index (Phi) is 10.4. The van der Waals surface area contributed by atoms with E-state index in [1.807, 2.05) is 17.5 Å². The second kappa shape index (κ2) is 12.7. The highest BCUT2D eigenvalue weighted by Gasteiger charge is 2.08. The molecule has 0 N–H and O–H groups in total. The van der Waals surface area contributed by atoms with Gasteiger partial charge >= 0.3 is 0 Å². The number of thiophene rings is 1. The van der Waals surface area contributed by atoms with Gasteiger partial charge < -0.3 is 0 Å². The maximum absolute atomic E-state index is 4.46. The van der Waals surface area contributed by atoms with Crippen LogP contribution < -0.4 is 0 Å². The van der Waals surface area contributed by atoms with Crippen LogP contribution in [0.5, 0.6) is 0 Å². The first-order chi connectivity index (χ1) is 11.9. The molecule has 0 radical (unpaired) electrons. The molecule has 0 aliphatic heterocycles. The number of unbranched alkanes of at least 4 members (excludes halogenated alkanes) is 11. The largest absolute Gasteiger partial charge is 0.244 e. The zero-order valence-corrected chi connectivity index (χ0v) is 16.9. The van der Waals surface area contributed by atoms with Crippen molar-refractivity contribution in [3.63, 3.8) is 0 Å². The van der Waals surface area contributed by atoms with E-state index in [1.165, 1.54) is 98.9 Å². The van der Waals surface area contributed by atoms with Crippen molar-refractivity contribution < 1.29 is 0 Å². The Labute approximate surface area is 156 Å². The number of hydrogen-bond donors (Lipinski definition) is 0. The minimum atomic E-state index is 1.19.